The molecule has 2 heterocycles. The summed E-state index contributed by atoms with van der Waals surface area (Å²) in [6.07, 6.45) is 5.86. The molecule has 6 heteroatoms. The van der Waals surface area contributed by atoms with Crippen molar-refractivity contribution in [3.8, 4) is 11.8 Å². The molecule has 0 aromatic heterocycles. The van der Waals surface area contributed by atoms with Crippen LogP contribution in [-0.4, -0.2) is 29.4 Å². The first kappa shape index (κ1) is 18.0. The van der Waals surface area contributed by atoms with Crippen molar-refractivity contribution < 1.29 is 14.6 Å². The van der Waals surface area contributed by atoms with Crippen LogP contribution in [0, 0.1) is 24.2 Å². The third-order valence-corrected chi connectivity index (χ3v) is 5.67. The highest BCUT2D eigenvalue weighted by Crippen LogP contribution is 2.41. The van der Waals surface area contributed by atoms with Crippen molar-refractivity contribution in [2.75, 3.05) is 11.6 Å². The monoisotopic (exact) mass is 395 g/mol. The van der Waals surface area contributed by atoms with E-state index in [-0.39, 0.29) is 17.5 Å². The fourth-order valence-electron chi connectivity index (χ4n) is 4.17. The van der Waals surface area contributed by atoms with Gasteiger partial charge >= 0.3 is 5.97 Å². The number of anilines is 1. The van der Waals surface area contributed by atoms with Gasteiger partial charge in [-0.25, -0.2) is 4.79 Å². The van der Waals surface area contributed by atoms with E-state index in [4.69, 9.17) is 9.84 Å². The molecule has 0 amide bonds. The van der Waals surface area contributed by atoms with E-state index in [1.807, 2.05) is 48.4 Å². The normalized spacial score (nSPS) is 20.7. The van der Waals surface area contributed by atoms with Crippen molar-refractivity contribution in [2.24, 2.45) is 11.0 Å². The lowest BCUT2D eigenvalue weighted by Crippen LogP contribution is -2.39. The Morgan fingerprint density at radius 1 is 1.33 bits per heavy atom. The minimum atomic E-state index is -0.990. The Labute approximate surface area is 173 Å². The van der Waals surface area contributed by atoms with E-state index in [1.54, 1.807) is 18.2 Å². The highest BCUT2D eigenvalue weighted by molar-refractivity contribution is 6.09. The molecule has 146 valence electrons. The number of aromatic carboxylic acids is 1. The molecule has 2 atom stereocenters. The molecule has 2 unspecified atom stereocenters. The second-order valence-electron chi connectivity index (χ2n) is 7.44. The summed E-state index contributed by atoms with van der Waals surface area (Å²) in [7, 11) is 0. The molecule has 2 aromatic rings. The van der Waals surface area contributed by atoms with Crippen molar-refractivity contribution in [1.82, 2.24) is 0 Å². The van der Waals surface area contributed by atoms with Crippen LogP contribution in [0.1, 0.15) is 27.0 Å². The average molecular weight is 395 g/mol. The summed E-state index contributed by atoms with van der Waals surface area (Å²) in [5.41, 5.74) is 8.57. The topological polar surface area (TPSA) is 85.9 Å². The lowest BCUT2D eigenvalue weighted by atomic mass is 9.85. The highest BCUT2D eigenvalue weighted by atomic mass is 16.5. The quantitative estimate of drug-likeness (QED) is 0.799. The van der Waals surface area contributed by atoms with E-state index in [0.717, 1.165) is 28.1 Å². The van der Waals surface area contributed by atoms with Gasteiger partial charge in [-0.15, -0.1) is 5.73 Å². The predicted molar refractivity (Wildman–Crippen MR) is 112 cm³/mol. The van der Waals surface area contributed by atoms with Crippen molar-refractivity contribution in [2.45, 2.75) is 13.0 Å². The summed E-state index contributed by atoms with van der Waals surface area (Å²) in [5.74, 6) is -0.480. The van der Waals surface area contributed by atoms with Gasteiger partial charge in [0.05, 0.1) is 47.2 Å². The summed E-state index contributed by atoms with van der Waals surface area (Å²) < 4.78 is 5.97. The van der Waals surface area contributed by atoms with Gasteiger partial charge < -0.3 is 9.84 Å². The van der Waals surface area contributed by atoms with E-state index in [9.17, 15) is 15.2 Å². The molecular formula is C24H17N3O3. The number of hydrogen-bond donors (Lipinski definition) is 1. The second kappa shape index (κ2) is 6.77. The van der Waals surface area contributed by atoms with Crippen LogP contribution in [0.5, 0.6) is 5.75 Å². The van der Waals surface area contributed by atoms with E-state index >= 15 is 0 Å². The number of ether oxygens (including phenoxy) is 1. The smallest absolute Gasteiger partial charge is 0.335 e. The van der Waals surface area contributed by atoms with E-state index in [2.05, 4.69) is 11.8 Å². The van der Waals surface area contributed by atoms with Crippen LogP contribution in [-0.2, 0) is 0 Å². The molecule has 0 fully saturated rings. The maximum absolute atomic E-state index is 11.3. The third-order valence-electron chi connectivity index (χ3n) is 5.67. The number of nitriles is 1. The van der Waals surface area contributed by atoms with Gasteiger partial charge in [-0.3, -0.25) is 5.01 Å². The molecule has 6 nitrogen and oxygen atoms in total. The van der Waals surface area contributed by atoms with Crippen LogP contribution in [0.3, 0.4) is 0 Å². The van der Waals surface area contributed by atoms with Gasteiger partial charge in [0.25, 0.3) is 0 Å². The maximum atomic E-state index is 11.3. The SMILES string of the molecule is Cc1cc(N2N=C3c4ccc(C(=O)O)cc4OCC3C2C2=C=CC=C2)ccc1C#N. The Balaban J connectivity index is 1.63. The van der Waals surface area contributed by atoms with Crippen LogP contribution in [0.15, 0.2) is 71.0 Å². The highest BCUT2D eigenvalue weighted by Gasteiger charge is 2.44. The van der Waals surface area contributed by atoms with E-state index in [0.29, 0.717) is 17.9 Å². The molecular weight excluding hydrogens is 378 g/mol. The Morgan fingerprint density at radius 3 is 2.90 bits per heavy atom. The average Bonchev–Trinajstić information content (AvgIpc) is 3.40. The van der Waals surface area contributed by atoms with Gasteiger partial charge in [0.1, 0.15) is 5.75 Å². The van der Waals surface area contributed by atoms with Gasteiger partial charge in [0.15, 0.2) is 0 Å². The van der Waals surface area contributed by atoms with Gasteiger partial charge in [-0.2, -0.15) is 10.4 Å². The van der Waals surface area contributed by atoms with Crippen molar-refractivity contribution in [3.63, 3.8) is 0 Å². The fraction of sp³-hybridized carbons (Fsp3) is 0.167. The van der Waals surface area contributed by atoms with Crippen LogP contribution in [0.25, 0.3) is 0 Å². The Bertz CT molecular complexity index is 1260. The summed E-state index contributed by atoms with van der Waals surface area (Å²) in [4.78, 5) is 11.3. The first-order valence-electron chi connectivity index (χ1n) is 9.59. The number of rotatable bonds is 3. The predicted octanol–water partition coefficient (Wildman–Crippen LogP) is 3.82. The number of carboxylic acid groups (broad SMARTS) is 1. The van der Waals surface area contributed by atoms with Crippen molar-refractivity contribution in [1.29, 1.82) is 5.26 Å². The van der Waals surface area contributed by atoms with Crippen LogP contribution in [0.4, 0.5) is 5.69 Å². The summed E-state index contributed by atoms with van der Waals surface area (Å²) in [6.45, 7) is 2.30. The lowest BCUT2D eigenvalue weighted by molar-refractivity contribution is 0.0696. The molecule has 0 spiro atoms. The number of hydrazone groups is 1. The Morgan fingerprint density at radius 2 is 2.20 bits per heavy atom. The zero-order valence-corrected chi connectivity index (χ0v) is 16.2. The first-order valence-corrected chi connectivity index (χ1v) is 9.59. The molecule has 1 aliphatic carbocycles. The summed E-state index contributed by atoms with van der Waals surface area (Å²) >= 11 is 0. The third kappa shape index (κ3) is 2.73. The van der Waals surface area contributed by atoms with Gasteiger partial charge in [0.2, 0.25) is 0 Å². The molecule has 0 bridgehead atoms. The molecule has 1 N–H and O–H groups in total. The zero-order chi connectivity index (χ0) is 20.8. The molecule has 30 heavy (non-hydrogen) atoms. The molecule has 5 rings (SSSR count). The summed E-state index contributed by atoms with van der Waals surface area (Å²) in [6, 6.07) is 12.7. The number of fused-ring (bicyclic) bond motifs is 3. The minimum Gasteiger partial charge on any atom is -0.492 e. The van der Waals surface area contributed by atoms with Crippen molar-refractivity contribution >= 4 is 17.4 Å². The minimum absolute atomic E-state index is 0.0252. The molecule has 0 radical (unpaired) electrons. The van der Waals surface area contributed by atoms with E-state index in [1.165, 1.54) is 0 Å². The van der Waals surface area contributed by atoms with Crippen LogP contribution < -0.4 is 9.75 Å². The standard InChI is InChI=1S/C24H17N3O3/c1-14-10-18(8-6-17(14)12-25)27-23(15-4-2-3-5-15)20-13-30-21-11-16(24(28)29)7-9-19(21)22(20)26-27/h2-4,6-11,20,23H,13H2,1H3,(H,28,29). The van der Waals surface area contributed by atoms with E-state index < -0.39 is 5.97 Å². The van der Waals surface area contributed by atoms with Gasteiger partial charge in [0, 0.05) is 11.1 Å². The van der Waals surface area contributed by atoms with Crippen molar-refractivity contribution in [3.05, 3.63) is 88.2 Å². The van der Waals surface area contributed by atoms with Gasteiger partial charge in [-0.05, 0) is 61.0 Å². The molecule has 3 aliphatic rings. The fourth-order valence-corrected chi connectivity index (χ4v) is 4.17. The molecule has 0 saturated carbocycles. The lowest BCUT2D eigenvalue weighted by Gasteiger charge is -2.30. The molecule has 2 aromatic carbocycles. The number of nitrogens with zero attached hydrogens (tertiary/aromatic N) is 3. The molecule has 0 saturated heterocycles. The van der Waals surface area contributed by atoms with Crippen LogP contribution in [0.2, 0.25) is 0 Å². The van der Waals surface area contributed by atoms with Crippen LogP contribution >= 0.6 is 0 Å². The number of carbonyl (C=O) groups is 1. The maximum Gasteiger partial charge on any atom is 0.335 e. The largest absolute Gasteiger partial charge is 0.492 e. The zero-order valence-electron chi connectivity index (χ0n) is 16.2. The number of allylic oxidation sites excluding steroid dienone is 1. The Hall–Kier alpha value is -4.07. The summed E-state index contributed by atoms with van der Waals surface area (Å²) in [5, 5.41) is 25.5. The second-order valence-corrected chi connectivity index (χ2v) is 7.44. The molecule has 2 aliphatic heterocycles. The number of aryl methyl sites for hydroxylation is 1. The number of benzene rings is 2. The van der Waals surface area contributed by atoms with Gasteiger partial charge in [-0.1, -0.05) is 6.08 Å². The number of carboxylic acids is 1. The first-order chi connectivity index (χ1) is 14.6. The Kier molecular flexibility index (Phi) is 4.06. The number of hydrogen-bond acceptors (Lipinski definition) is 5.